The Hall–Kier alpha value is -1.88. The zero-order chi connectivity index (χ0) is 17.4. The second-order valence-corrected chi connectivity index (χ2v) is 7.61. The lowest BCUT2D eigenvalue weighted by atomic mass is 10.0. The van der Waals surface area contributed by atoms with Gasteiger partial charge in [-0.05, 0) is 29.8 Å². The number of fused-ring (bicyclic) bond motifs is 1. The zero-order valence-electron chi connectivity index (χ0n) is 13.3. The van der Waals surface area contributed by atoms with Crippen molar-refractivity contribution < 1.29 is 14.7 Å². The van der Waals surface area contributed by atoms with Gasteiger partial charge in [0.25, 0.3) is 5.91 Å². The standard InChI is InChI=1S/C13H16N6O3S2/c1-6(2)14-8-10(20)19-9(12(21)22)7(4-23-11(8)19)5-24-13-15-16-17-18(13)3/h8,11H,4-5H2,1-3H3,(H,21,22)/t8?,11-/m0/s1. The van der Waals surface area contributed by atoms with Gasteiger partial charge in [-0.2, -0.15) is 0 Å². The number of carboxylic acid groups (broad SMARTS) is 1. The average Bonchev–Trinajstić information content (AvgIpc) is 2.94. The van der Waals surface area contributed by atoms with E-state index in [0.29, 0.717) is 22.2 Å². The molecule has 0 radical (unpaired) electrons. The highest BCUT2D eigenvalue weighted by Gasteiger charge is 2.53. The largest absolute Gasteiger partial charge is 0.477 e. The van der Waals surface area contributed by atoms with Crippen LogP contribution in [0.5, 0.6) is 0 Å². The summed E-state index contributed by atoms with van der Waals surface area (Å²) >= 11 is 2.89. The van der Waals surface area contributed by atoms with Gasteiger partial charge in [0.05, 0.1) is 0 Å². The molecule has 1 unspecified atom stereocenters. The first-order valence-electron chi connectivity index (χ1n) is 7.16. The van der Waals surface area contributed by atoms with Gasteiger partial charge < -0.3 is 5.11 Å². The number of thioether (sulfide) groups is 2. The van der Waals surface area contributed by atoms with E-state index >= 15 is 0 Å². The molecule has 1 saturated heterocycles. The molecule has 2 aliphatic heterocycles. The number of nitrogens with zero attached hydrogens (tertiary/aromatic N) is 6. The van der Waals surface area contributed by atoms with E-state index in [2.05, 4.69) is 20.5 Å². The highest BCUT2D eigenvalue weighted by molar-refractivity contribution is 8.01. The van der Waals surface area contributed by atoms with Crippen molar-refractivity contribution in [2.45, 2.75) is 30.4 Å². The number of rotatable bonds is 5. The van der Waals surface area contributed by atoms with E-state index in [9.17, 15) is 14.7 Å². The Morgan fingerprint density at radius 3 is 2.83 bits per heavy atom. The molecule has 24 heavy (non-hydrogen) atoms. The molecule has 3 heterocycles. The maximum Gasteiger partial charge on any atom is 0.352 e. The van der Waals surface area contributed by atoms with E-state index < -0.39 is 12.0 Å². The van der Waals surface area contributed by atoms with E-state index in [1.807, 2.05) is 13.8 Å². The summed E-state index contributed by atoms with van der Waals surface area (Å²) in [4.78, 5) is 29.7. The predicted octanol–water partition coefficient (Wildman–Crippen LogP) is 0.405. The number of amides is 1. The zero-order valence-corrected chi connectivity index (χ0v) is 15.0. The van der Waals surface area contributed by atoms with Gasteiger partial charge in [0.1, 0.15) is 11.1 Å². The summed E-state index contributed by atoms with van der Waals surface area (Å²) in [6, 6.07) is -0.480. The highest BCUT2D eigenvalue weighted by atomic mass is 32.2. The molecule has 1 fully saturated rings. The molecule has 11 heteroatoms. The van der Waals surface area contributed by atoms with Gasteiger partial charge in [0, 0.05) is 24.3 Å². The summed E-state index contributed by atoms with van der Waals surface area (Å²) in [5.74, 6) is -0.381. The fourth-order valence-corrected chi connectivity index (χ4v) is 4.85. The maximum atomic E-state index is 12.3. The lowest BCUT2D eigenvalue weighted by Crippen LogP contribution is -2.64. The Balaban J connectivity index is 1.82. The quantitative estimate of drug-likeness (QED) is 0.451. The summed E-state index contributed by atoms with van der Waals surface area (Å²) in [5.41, 5.74) is 1.58. The number of aliphatic imine (C=N–C) groups is 1. The van der Waals surface area contributed by atoms with E-state index in [-0.39, 0.29) is 17.0 Å². The highest BCUT2D eigenvalue weighted by Crippen LogP contribution is 2.42. The van der Waals surface area contributed by atoms with E-state index in [1.54, 1.807) is 18.8 Å². The maximum absolute atomic E-state index is 12.3. The third kappa shape index (κ3) is 2.93. The number of carbonyl (C=O) groups excluding carboxylic acids is 1. The third-order valence-electron chi connectivity index (χ3n) is 3.58. The Kier molecular flexibility index (Phi) is 4.63. The molecule has 2 aliphatic rings. The number of hydrogen-bond acceptors (Lipinski definition) is 8. The van der Waals surface area contributed by atoms with Crippen LogP contribution in [0.4, 0.5) is 0 Å². The number of carboxylic acids is 1. The smallest absolute Gasteiger partial charge is 0.352 e. The topological polar surface area (TPSA) is 114 Å². The molecule has 3 rings (SSSR count). The van der Waals surface area contributed by atoms with Gasteiger partial charge >= 0.3 is 5.97 Å². The number of hydrogen-bond donors (Lipinski definition) is 1. The van der Waals surface area contributed by atoms with E-state index in [4.69, 9.17) is 0 Å². The second kappa shape index (κ2) is 6.55. The van der Waals surface area contributed by atoms with Gasteiger partial charge in [0.2, 0.25) is 5.16 Å². The van der Waals surface area contributed by atoms with Gasteiger partial charge in [-0.3, -0.25) is 14.7 Å². The van der Waals surface area contributed by atoms with Crippen LogP contribution >= 0.6 is 23.5 Å². The Morgan fingerprint density at radius 1 is 1.50 bits per heavy atom. The van der Waals surface area contributed by atoms with Crippen molar-refractivity contribution in [1.29, 1.82) is 0 Å². The number of tetrazole rings is 1. The Bertz CT molecular complexity index is 755. The van der Waals surface area contributed by atoms with Crippen molar-refractivity contribution in [2.75, 3.05) is 11.5 Å². The molecule has 0 bridgehead atoms. The molecule has 1 aromatic heterocycles. The van der Waals surface area contributed by atoms with Gasteiger partial charge in [-0.15, -0.1) is 16.9 Å². The van der Waals surface area contributed by atoms with Crippen LogP contribution in [-0.2, 0) is 16.6 Å². The lowest BCUT2D eigenvalue weighted by Gasteiger charge is -2.48. The summed E-state index contributed by atoms with van der Waals surface area (Å²) in [5, 5.41) is 21.1. The number of β-lactam (4-membered cyclic amide) rings is 1. The molecule has 128 valence electrons. The fourth-order valence-electron chi connectivity index (χ4n) is 2.53. The third-order valence-corrected chi connectivity index (χ3v) is 6.00. The Labute approximate surface area is 146 Å². The normalized spacial score (nSPS) is 23.0. The molecule has 0 aliphatic carbocycles. The summed E-state index contributed by atoms with van der Waals surface area (Å²) in [7, 11) is 1.72. The van der Waals surface area contributed by atoms with Gasteiger partial charge in [-0.25, -0.2) is 9.48 Å². The molecule has 2 atom stereocenters. The number of aromatic nitrogens is 4. The SMILES string of the molecule is CC(C)=NC1C(=O)N2C(C(=O)O)=C(CSc3nnnn3C)CS[C@@H]12. The van der Waals surface area contributed by atoms with Crippen LogP contribution in [0.25, 0.3) is 0 Å². The number of carbonyl (C=O) groups is 2. The van der Waals surface area contributed by atoms with Gasteiger partial charge in [0.15, 0.2) is 6.04 Å². The summed E-state index contributed by atoms with van der Waals surface area (Å²) in [6.07, 6.45) is 0. The van der Waals surface area contributed by atoms with Crippen molar-refractivity contribution in [2.24, 2.45) is 12.0 Å². The second-order valence-electron chi connectivity index (χ2n) is 5.56. The molecule has 1 aromatic rings. The molecule has 0 aromatic carbocycles. The molecule has 1 N–H and O–H groups in total. The summed E-state index contributed by atoms with van der Waals surface area (Å²) < 4.78 is 1.52. The van der Waals surface area contributed by atoms with Crippen LogP contribution in [0, 0.1) is 0 Å². The minimum Gasteiger partial charge on any atom is -0.477 e. The van der Waals surface area contributed by atoms with Crippen molar-refractivity contribution in [3.63, 3.8) is 0 Å². The van der Waals surface area contributed by atoms with Crippen LogP contribution in [0.1, 0.15) is 13.8 Å². The van der Waals surface area contributed by atoms with Gasteiger partial charge in [-0.1, -0.05) is 11.8 Å². The van der Waals surface area contributed by atoms with Crippen molar-refractivity contribution in [1.82, 2.24) is 25.1 Å². The minimum atomic E-state index is -1.09. The first-order valence-corrected chi connectivity index (χ1v) is 9.19. The van der Waals surface area contributed by atoms with Crippen LogP contribution < -0.4 is 0 Å². The average molecular weight is 368 g/mol. The van der Waals surface area contributed by atoms with Crippen LogP contribution in [0.15, 0.2) is 21.4 Å². The number of aliphatic carboxylic acids is 1. The first-order chi connectivity index (χ1) is 11.4. The van der Waals surface area contributed by atoms with Crippen molar-refractivity contribution >= 4 is 41.1 Å². The molecule has 9 nitrogen and oxygen atoms in total. The first kappa shape index (κ1) is 17.0. The van der Waals surface area contributed by atoms with E-state index in [1.165, 1.54) is 21.3 Å². The summed E-state index contributed by atoms with van der Waals surface area (Å²) in [6.45, 7) is 3.66. The molecule has 0 spiro atoms. The molecular formula is C13H16N6O3S2. The fraction of sp³-hybridized carbons (Fsp3) is 0.538. The predicted molar refractivity (Wildman–Crippen MR) is 89.8 cm³/mol. The Morgan fingerprint density at radius 2 is 2.25 bits per heavy atom. The minimum absolute atomic E-state index is 0.0755. The van der Waals surface area contributed by atoms with Crippen molar-refractivity contribution in [3.05, 3.63) is 11.3 Å². The molecule has 0 saturated carbocycles. The van der Waals surface area contributed by atoms with Crippen LogP contribution in [-0.4, -0.2) is 70.7 Å². The molecule has 1 amide bonds. The van der Waals surface area contributed by atoms with Crippen LogP contribution in [0.3, 0.4) is 0 Å². The monoisotopic (exact) mass is 368 g/mol. The van der Waals surface area contributed by atoms with E-state index in [0.717, 1.165) is 5.71 Å². The number of aryl methyl sites for hydroxylation is 1. The van der Waals surface area contributed by atoms with Crippen molar-refractivity contribution in [3.8, 4) is 0 Å². The lowest BCUT2D eigenvalue weighted by molar-refractivity contribution is -0.147. The molecular weight excluding hydrogens is 352 g/mol. The van der Waals surface area contributed by atoms with Crippen LogP contribution in [0.2, 0.25) is 0 Å².